The first-order valence-electron chi connectivity index (χ1n) is 5.68. The van der Waals surface area contributed by atoms with Gasteiger partial charge in [-0.25, -0.2) is 10.1 Å². The lowest BCUT2D eigenvalue weighted by Crippen LogP contribution is -2.06. The monoisotopic (exact) mass is 279 g/mol. The molecule has 0 aromatic carbocycles. The van der Waals surface area contributed by atoms with E-state index in [2.05, 4.69) is 20.2 Å². The fourth-order valence-electron chi connectivity index (χ4n) is 1.59. The Balaban J connectivity index is 2.51. The molecule has 2 aromatic heterocycles. The average molecular weight is 279 g/mol. The van der Waals surface area contributed by atoms with E-state index in [9.17, 15) is 10.1 Å². The van der Waals surface area contributed by atoms with Gasteiger partial charge in [0.05, 0.1) is 11.0 Å². The highest BCUT2D eigenvalue weighted by atomic mass is 16.6. The molecule has 20 heavy (non-hydrogen) atoms. The smallest absolute Gasteiger partial charge is 0.339 e. The molecule has 2 heterocycles. The summed E-state index contributed by atoms with van der Waals surface area (Å²) in [6.07, 6.45) is -0.0705. The van der Waals surface area contributed by atoms with E-state index >= 15 is 0 Å². The summed E-state index contributed by atoms with van der Waals surface area (Å²) in [4.78, 5) is 17.8. The van der Waals surface area contributed by atoms with Crippen molar-refractivity contribution in [1.29, 1.82) is 0 Å². The zero-order chi connectivity index (χ0) is 14.9. The molecule has 0 atom stereocenters. The summed E-state index contributed by atoms with van der Waals surface area (Å²) < 4.78 is 5.38. The fraction of sp³-hybridized carbons (Fsp3) is 0.300. The zero-order valence-electron chi connectivity index (χ0n) is 10.8. The van der Waals surface area contributed by atoms with Gasteiger partial charge in [-0.05, 0) is 13.8 Å². The fourth-order valence-corrected chi connectivity index (χ4v) is 1.59. The van der Waals surface area contributed by atoms with Gasteiger partial charge in [-0.3, -0.25) is 10.1 Å². The second-order valence-corrected chi connectivity index (χ2v) is 4.21. The number of nitrogens with two attached hydrogens (primary N) is 2. The van der Waals surface area contributed by atoms with E-state index in [4.69, 9.17) is 16.2 Å². The average Bonchev–Trinajstić information content (AvgIpc) is 2.74. The van der Waals surface area contributed by atoms with Gasteiger partial charge in [-0.15, -0.1) is 0 Å². The van der Waals surface area contributed by atoms with E-state index in [-0.39, 0.29) is 29.3 Å². The summed E-state index contributed by atoms with van der Waals surface area (Å²) in [5.41, 5.74) is 10.7. The summed E-state index contributed by atoms with van der Waals surface area (Å²) in [7, 11) is 0. The Bertz CT molecular complexity index is 652. The number of ether oxygens (including phenoxy) is 1. The molecule has 0 spiro atoms. The molecular weight excluding hydrogens is 266 g/mol. The minimum Gasteiger partial charge on any atom is -0.475 e. The highest BCUT2D eigenvalue weighted by molar-refractivity contribution is 5.75. The molecule has 10 heteroatoms. The maximum absolute atomic E-state index is 11.0. The number of nitrogen functional groups attached to an aromatic ring is 2. The van der Waals surface area contributed by atoms with E-state index in [1.165, 1.54) is 6.07 Å². The van der Waals surface area contributed by atoms with Crippen molar-refractivity contribution in [3.05, 3.63) is 16.2 Å². The van der Waals surface area contributed by atoms with Crippen molar-refractivity contribution in [1.82, 2.24) is 20.2 Å². The van der Waals surface area contributed by atoms with Gasteiger partial charge in [0.15, 0.2) is 5.69 Å². The molecule has 0 amide bonds. The van der Waals surface area contributed by atoms with Crippen molar-refractivity contribution >= 4 is 17.5 Å². The zero-order valence-corrected chi connectivity index (χ0v) is 10.8. The number of aromatic amines is 1. The van der Waals surface area contributed by atoms with E-state index in [0.717, 1.165) is 0 Å². The molecule has 2 aromatic rings. The SMILES string of the molecule is CC(C)Oc1cc(-c2nc(N)nc(N)c2[N+](=O)[O-])n[nH]1. The molecule has 0 aliphatic rings. The minimum absolute atomic E-state index is 0.0603. The Morgan fingerprint density at radius 3 is 2.70 bits per heavy atom. The van der Waals surface area contributed by atoms with Crippen LogP contribution in [0, 0.1) is 10.1 Å². The molecule has 5 N–H and O–H groups in total. The quantitative estimate of drug-likeness (QED) is 0.545. The Morgan fingerprint density at radius 1 is 1.40 bits per heavy atom. The van der Waals surface area contributed by atoms with E-state index < -0.39 is 10.6 Å². The summed E-state index contributed by atoms with van der Waals surface area (Å²) in [5.74, 6) is -0.121. The first-order valence-corrected chi connectivity index (χ1v) is 5.68. The molecular formula is C10H13N7O3. The summed E-state index contributed by atoms with van der Waals surface area (Å²) >= 11 is 0. The van der Waals surface area contributed by atoms with Crippen LogP contribution in [-0.4, -0.2) is 31.2 Å². The number of aromatic nitrogens is 4. The van der Waals surface area contributed by atoms with Crippen LogP contribution in [0.2, 0.25) is 0 Å². The van der Waals surface area contributed by atoms with Gasteiger partial charge in [0, 0.05) is 6.07 Å². The van der Waals surface area contributed by atoms with E-state index in [1.807, 2.05) is 13.8 Å². The van der Waals surface area contributed by atoms with Crippen LogP contribution in [0.4, 0.5) is 17.5 Å². The maximum atomic E-state index is 11.0. The highest BCUT2D eigenvalue weighted by Crippen LogP contribution is 2.32. The molecule has 2 rings (SSSR count). The summed E-state index contributed by atoms with van der Waals surface area (Å²) in [6, 6.07) is 1.48. The maximum Gasteiger partial charge on any atom is 0.339 e. The van der Waals surface area contributed by atoms with Crippen LogP contribution in [0.15, 0.2) is 6.07 Å². The molecule has 0 saturated heterocycles. The Kier molecular flexibility index (Phi) is 3.37. The largest absolute Gasteiger partial charge is 0.475 e. The molecule has 10 nitrogen and oxygen atoms in total. The molecule has 0 aliphatic heterocycles. The summed E-state index contributed by atoms with van der Waals surface area (Å²) in [6.45, 7) is 3.67. The standard InChI is InChI=1S/C10H13N7O3/c1-4(2)20-6-3-5(15-16-6)7-8(17(18)19)9(11)14-10(12)13-7/h3-4H,1-2H3,(H,15,16)(H4,11,12,13,14). The number of rotatable bonds is 4. The molecule has 0 bridgehead atoms. The van der Waals surface area contributed by atoms with Crippen LogP contribution in [0.25, 0.3) is 11.4 Å². The number of hydrogen-bond acceptors (Lipinski definition) is 8. The predicted molar refractivity (Wildman–Crippen MR) is 70.9 cm³/mol. The Labute approximate surface area is 113 Å². The first-order chi connectivity index (χ1) is 9.38. The van der Waals surface area contributed by atoms with Gasteiger partial charge < -0.3 is 16.2 Å². The molecule has 0 fully saturated rings. The Hall–Kier alpha value is -2.91. The topological polar surface area (TPSA) is 159 Å². The molecule has 106 valence electrons. The van der Waals surface area contributed by atoms with Crippen LogP contribution in [0.3, 0.4) is 0 Å². The van der Waals surface area contributed by atoms with Crippen LogP contribution >= 0.6 is 0 Å². The number of H-pyrrole nitrogens is 1. The Morgan fingerprint density at radius 2 is 2.10 bits per heavy atom. The van der Waals surface area contributed by atoms with Crippen molar-refractivity contribution < 1.29 is 9.66 Å². The van der Waals surface area contributed by atoms with Crippen LogP contribution in [-0.2, 0) is 0 Å². The number of anilines is 2. The van der Waals surface area contributed by atoms with Crippen LogP contribution in [0.5, 0.6) is 5.88 Å². The van der Waals surface area contributed by atoms with Gasteiger partial charge in [0.2, 0.25) is 17.6 Å². The predicted octanol–water partition coefficient (Wildman–Crippen LogP) is 0.726. The lowest BCUT2D eigenvalue weighted by molar-refractivity contribution is -0.383. The van der Waals surface area contributed by atoms with Crippen molar-refractivity contribution in [2.75, 3.05) is 11.5 Å². The van der Waals surface area contributed by atoms with Crippen molar-refractivity contribution in [2.45, 2.75) is 20.0 Å². The lowest BCUT2D eigenvalue weighted by Gasteiger charge is -2.05. The number of nitrogens with zero attached hydrogens (tertiary/aromatic N) is 4. The second kappa shape index (κ2) is 4.99. The summed E-state index contributed by atoms with van der Waals surface area (Å²) in [5, 5.41) is 17.6. The molecule has 0 unspecified atom stereocenters. The third-order valence-corrected chi connectivity index (χ3v) is 2.27. The number of hydrogen-bond donors (Lipinski definition) is 3. The van der Waals surface area contributed by atoms with E-state index in [0.29, 0.717) is 5.88 Å². The van der Waals surface area contributed by atoms with Gasteiger partial charge in [-0.2, -0.15) is 10.1 Å². The third kappa shape index (κ3) is 2.58. The van der Waals surface area contributed by atoms with Crippen LogP contribution < -0.4 is 16.2 Å². The lowest BCUT2D eigenvalue weighted by atomic mass is 10.2. The molecule has 0 aliphatic carbocycles. The van der Waals surface area contributed by atoms with Gasteiger partial charge >= 0.3 is 5.69 Å². The number of nitro groups is 1. The van der Waals surface area contributed by atoms with Crippen LogP contribution in [0.1, 0.15) is 13.8 Å². The van der Waals surface area contributed by atoms with Gasteiger partial charge in [0.1, 0.15) is 5.69 Å². The van der Waals surface area contributed by atoms with Crippen molar-refractivity contribution in [2.24, 2.45) is 0 Å². The first kappa shape index (κ1) is 13.5. The second-order valence-electron chi connectivity index (χ2n) is 4.21. The molecule has 0 radical (unpaired) electrons. The third-order valence-electron chi connectivity index (χ3n) is 2.27. The normalized spacial score (nSPS) is 10.8. The van der Waals surface area contributed by atoms with Crippen molar-refractivity contribution in [3.8, 4) is 17.3 Å². The highest BCUT2D eigenvalue weighted by Gasteiger charge is 2.25. The van der Waals surface area contributed by atoms with Gasteiger partial charge in [-0.1, -0.05) is 0 Å². The van der Waals surface area contributed by atoms with Crippen molar-refractivity contribution in [3.63, 3.8) is 0 Å². The van der Waals surface area contributed by atoms with E-state index in [1.54, 1.807) is 0 Å². The minimum atomic E-state index is -0.679. The number of nitrogens with one attached hydrogen (secondary N) is 1. The van der Waals surface area contributed by atoms with Gasteiger partial charge in [0.25, 0.3) is 0 Å². The molecule has 0 saturated carbocycles.